The topological polar surface area (TPSA) is 124 Å². The average molecular weight is 587 g/mol. The molecule has 0 fully saturated rings. The fourth-order valence-electron chi connectivity index (χ4n) is 2.59. The van der Waals surface area contributed by atoms with E-state index < -0.39 is 23.3 Å². The van der Waals surface area contributed by atoms with Gasteiger partial charge in [-0.15, -0.1) is 0 Å². The number of thiol groups is 2. The highest BCUT2D eigenvalue weighted by molar-refractivity contribution is 7.99. The second-order valence-electron chi connectivity index (χ2n) is 7.92. The van der Waals surface area contributed by atoms with Crippen LogP contribution in [0.15, 0.2) is 0 Å². The quantitative estimate of drug-likeness (QED) is 0.0751. The van der Waals surface area contributed by atoms with Crippen molar-refractivity contribution in [1.82, 2.24) is 0 Å². The molecule has 0 bridgehead atoms. The predicted octanol–water partition coefficient (Wildman–Crippen LogP) is 2.76. The van der Waals surface area contributed by atoms with Crippen LogP contribution in [-0.4, -0.2) is 99.7 Å². The highest BCUT2D eigenvalue weighted by Gasteiger charge is 2.34. The fraction of sp³-hybridized carbons (Fsp3) is 0.833. The zero-order valence-corrected chi connectivity index (χ0v) is 24.5. The monoisotopic (exact) mass is 586 g/mol. The van der Waals surface area contributed by atoms with Crippen molar-refractivity contribution in [3.63, 3.8) is 0 Å². The number of carbonyl (C=O) groups is 4. The maximum Gasteiger partial charge on any atom is 0.306 e. The van der Waals surface area contributed by atoms with Gasteiger partial charge in [-0.25, -0.2) is 0 Å². The lowest BCUT2D eigenvalue weighted by Crippen LogP contribution is -2.39. The van der Waals surface area contributed by atoms with Gasteiger partial charge >= 0.3 is 23.9 Å². The van der Waals surface area contributed by atoms with Crippen LogP contribution < -0.4 is 0 Å². The van der Waals surface area contributed by atoms with Crippen molar-refractivity contribution in [2.75, 3.05) is 75.9 Å². The van der Waals surface area contributed by atoms with Crippen molar-refractivity contribution in [2.24, 2.45) is 5.41 Å². The van der Waals surface area contributed by atoms with E-state index >= 15 is 0 Å². The van der Waals surface area contributed by atoms with E-state index in [4.69, 9.17) is 28.4 Å². The first-order chi connectivity index (χ1) is 17.8. The van der Waals surface area contributed by atoms with Crippen LogP contribution in [0, 0.1) is 5.41 Å². The predicted molar refractivity (Wildman–Crippen MR) is 147 cm³/mol. The third-order valence-corrected chi connectivity index (χ3v) is 6.40. The Labute approximate surface area is 235 Å². The summed E-state index contributed by atoms with van der Waals surface area (Å²) in [5, 5.41) is 0. The molecule has 13 heteroatoms. The second-order valence-corrected chi connectivity index (χ2v) is 10.0. The number of thioether (sulfide) groups is 1. The van der Waals surface area contributed by atoms with Crippen molar-refractivity contribution in [1.29, 1.82) is 0 Å². The number of esters is 4. The Kier molecular flexibility index (Phi) is 23.2. The Morgan fingerprint density at radius 2 is 1.05 bits per heavy atom. The Morgan fingerprint density at radius 3 is 1.51 bits per heavy atom. The van der Waals surface area contributed by atoms with Crippen LogP contribution in [0.4, 0.5) is 0 Å². The molecule has 0 radical (unpaired) electrons. The van der Waals surface area contributed by atoms with Crippen LogP contribution >= 0.6 is 37.0 Å². The van der Waals surface area contributed by atoms with Crippen molar-refractivity contribution >= 4 is 60.9 Å². The van der Waals surface area contributed by atoms with Gasteiger partial charge in [-0.05, 0) is 13.3 Å². The van der Waals surface area contributed by atoms with E-state index in [2.05, 4.69) is 25.3 Å². The summed E-state index contributed by atoms with van der Waals surface area (Å²) >= 11 is 9.47. The Bertz CT molecular complexity index is 626. The van der Waals surface area contributed by atoms with Crippen LogP contribution in [0.5, 0.6) is 0 Å². The first kappa shape index (κ1) is 35.9. The Morgan fingerprint density at radius 1 is 0.622 bits per heavy atom. The summed E-state index contributed by atoms with van der Waals surface area (Å²) < 4.78 is 31.5. The van der Waals surface area contributed by atoms with Crippen molar-refractivity contribution in [3.05, 3.63) is 0 Å². The lowest BCUT2D eigenvalue weighted by atomic mass is 9.88. The minimum Gasteiger partial charge on any atom is -0.465 e. The molecule has 0 heterocycles. The molecule has 0 saturated carbocycles. The molecule has 0 rings (SSSR count). The third-order valence-electron chi connectivity index (χ3n) is 4.97. The van der Waals surface area contributed by atoms with Crippen LogP contribution in [0.2, 0.25) is 0 Å². The molecule has 0 aromatic heterocycles. The van der Waals surface area contributed by atoms with E-state index in [1.165, 1.54) is 11.8 Å². The minimum atomic E-state index is -0.849. The molecule has 37 heavy (non-hydrogen) atoms. The highest BCUT2D eigenvalue weighted by atomic mass is 32.2. The zero-order chi connectivity index (χ0) is 27.8. The lowest BCUT2D eigenvalue weighted by molar-refractivity contribution is -0.161. The van der Waals surface area contributed by atoms with Crippen LogP contribution in [0.1, 0.15) is 46.0 Å². The average Bonchev–Trinajstić information content (AvgIpc) is 2.88. The van der Waals surface area contributed by atoms with E-state index in [1.54, 1.807) is 0 Å². The summed E-state index contributed by atoms with van der Waals surface area (Å²) in [4.78, 5) is 47.6. The lowest BCUT2D eigenvalue weighted by Gasteiger charge is -2.31. The SMILES string of the molecule is CCOCCOCCOC(=O)CCSCCC(=O)OCC(CC)(COC(=O)CCS)COC(=O)CCS. The number of hydrogen-bond acceptors (Lipinski definition) is 13. The highest BCUT2D eigenvalue weighted by Crippen LogP contribution is 2.25. The second kappa shape index (κ2) is 23.9. The van der Waals surface area contributed by atoms with Gasteiger partial charge in [-0.2, -0.15) is 37.0 Å². The van der Waals surface area contributed by atoms with Gasteiger partial charge in [0.2, 0.25) is 0 Å². The summed E-state index contributed by atoms with van der Waals surface area (Å²) in [5.74, 6) is 0.0786. The molecule has 216 valence electrons. The van der Waals surface area contributed by atoms with Crippen LogP contribution in [0.25, 0.3) is 0 Å². The van der Waals surface area contributed by atoms with Gasteiger partial charge < -0.3 is 28.4 Å². The summed E-state index contributed by atoms with van der Waals surface area (Å²) in [5.41, 5.74) is -0.849. The molecule has 0 aromatic carbocycles. The summed E-state index contributed by atoms with van der Waals surface area (Å²) in [6.45, 7) is 5.70. The van der Waals surface area contributed by atoms with Gasteiger partial charge in [0.15, 0.2) is 0 Å². The first-order valence-corrected chi connectivity index (χ1v) is 14.8. The van der Waals surface area contributed by atoms with Crippen molar-refractivity contribution in [3.8, 4) is 0 Å². The molecule has 0 unspecified atom stereocenters. The molecule has 0 amide bonds. The molecule has 0 aliphatic heterocycles. The summed E-state index contributed by atoms with van der Waals surface area (Å²) in [6.07, 6.45) is 1.13. The molecule has 0 aromatic rings. The van der Waals surface area contributed by atoms with Gasteiger partial charge in [0, 0.05) is 29.6 Å². The molecule has 0 N–H and O–H groups in total. The first-order valence-electron chi connectivity index (χ1n) is 12.4. The van der Waals surface area contributed by atoms with Gasteiger partial charge in [0.05, 0.1) is 50.9 Å². The largest absolute Gasteiger partial charge is 0.465 e. The number of hydrogen-bond donors (Lipinski definition) is 2. The van der Waals surface area contributed by atoms with Crippen LogP contribution in [-0.2, 0) is 47.6 Å². The van der Waals surface area contributed by atoms with E-state index in [9.17, 15) is 19.2 Å². The maximum absolute atomic E-state index is 12.3. The maximum atomic E-state index is 12.3. The number of ether oxygens (including phenoxy) is 6. The van der Waals surface area contributed by atoms with E-state index in [-0.39, 0.29) is 58.1 Å². The minimum absolute atomic E-state index is 0.0496. The summed E-state index contributed by atoms with van der Waals surface area (Å²) in [7, 11) is 0. The molecule has 0 spiro atoms. The van der Waals surface area contributed by atoms with Gasteiger partial charge in [-0.3, -0.25) is 19.2 Å². The van der Waals surface area contributed by atoms with Gasteiger partial charge in [-0.1, -0.05) is 6.92 Å². The Hall–Kier alpha value is -1.15. The van der Waals surface area contributed by atoms with Crippen LogP contribution in [0.3, 0.4) is 0 Å². The Balaban J connectivity index is 4.31. The molecular weight excluding hydrogens is 544 g/mol. The molecule has 10 nitrogen and oxygen atoms in total. The zero-order valence-electron chi connectivity index (χ0n) is 21.9. The van der Waals surface area contributed by atoms with E-state index in [0.29, 0.717) is 55.9 Å². The molecular formula is C24H42O10S3. The third kappa shape index (κ3) is 20.5. The number of carbonyl (C=O) groups excluding carboxylic acids is 4. The normalized spacial score (nSPS) is 11.1. The van der Waals surface area contributed by atoms with Gasteiger partial charge in [0.1, 0.15) is 26.4 Å². The molecule has 0 aliphatic carbocycles. The molecule has 0 aliphatic rings. The standard InChI is InChI=1S/C24H42O10S3/c1-3-24(17-32-20(25)5-13-35,18-33-21(26)6-14-36)19-34-23(28)8-16-37-15-7-22(27)31-12-11-30-10-9-29-4-2/h35-36H,3-19H2,1-2H3. The molecule has 0 atom stereocenters. The smallest absolute Gasteiger partial charge is 0.306 e. The summed E-state index contributed by atoms with van der Waals surface area (Å²) in [6, 6.07) is 0. The number of rotatable bonds is 24. The van der Waals surface area contributed by atoms with Crippen molar-refractivity contribution in [2.45, 2.75) is 46.0 Å². The van der Waals surface area contributed by atoms with E-state index in [1.807, 2.05) is 13.8 Å². The molecule has 0 saturated heterocycles. The van der Waals surface area contributed by atoms with E-state index in [0.717, 1.165) is 0 Å². The van der Waals surface area contributed by atoms with Crippen molar-refractivity contribution < 1.29 is 47.6 Å². The van der Waals surface area contributed by atoms with Gasteiger partial charge in [0.25, 0.3) is 0 Å². The fourth-order valence-corrected chi connectivity index (χ4v) is 3.79.